The summed E-state index contributed by atoms with van der Waals surface area (Å²) in [6.45, 7) is 5.57. The molecule has 180 valence electrons. The van der Waals surface area contributed by atoms with E-state index in [9.17, 15) is 4.79 Å². The van der Waals surface area contributed by atoms with E-state index in [0.29, 0.717) is 17.2 Å². The molecule has 0 radical (unpaired) electrons. The molecular formula is C22H34N2O8. The van der Waals surface area contributed by atoms with Gasteiger partial charge in [-0.1, -0.05) is 13.3 Å². The van der Waals surface area contributed by atoms with Crippen LogP contribution >= 0.6 is 0 Å². The molecule has 1 heterocycles. The second kappa shape index (κ2) is 14.1. The Balaban J connectivity index is 0.000000751. The molecule has 1 fully saturated rings. The van der Waals surface area contributed by atoms with Crippen molar-refractivity contribution < 1.29 is 38.8 Å². The zero-order chi connectivity index (χ0) is 24.1. The lowest BCUT2D eigenvalue weighted by molar-refractivity contribution is -0.159. The number of methoxy groups -OCH3 is 3. The lowest BCUT2D eigenvalue weighted by Gasteiger charge is -2.31. The molecule has 1 saturated heterocycles. The van der Waals surface area contributed by atoms with Crippen molar-refractivity contribution in [2.45, 2.75) is 39.2 Å². The lowest BCUT2D eigenvalue weighted by Crippen LogP contribution is -2.40. The normalized spacial score (nSPS) is 14.0. The number of carboxylic acids is 2. The van der Waals surface area contributed by atoms with E-state index in [4.69, 9.17) is 34.0 Å². The molecule has 0 unspecified atom stereocenters. The average molecular weight is 455 g/mol. The van der Waals surface area contributed by atoms with Gasteiger partial charge in [-0.25, -0.2) is 9.59 Å². The van der Waals surface area contributed by atoms with Crippen molar-refractivity contribution >= 4 is 17.8 Å². The summed E-state index contributed by atoms with van der Waals surface area (Å²) >= 11 is 0. The summed E-state index contributed by atoms with van der Waals surface area (Å²) in [7, 11) is 4.86. The number of aliphatic carboxylic acids is 2. The Kier molecular flexibility index (Phi) is 11.9. The summed E-state index contributed by atoms with van der Waals surface area (Å²) in [4.78, 5) is 32.8. The highest BCUT2D eigenvalue weighted by Gasteiger charge is 2.25. The van der Waals surface area contributed by atoms with Gasteiger partial charge in [-0.3, -0.25) is 9.69 Å². The molecule has 0 atom stereocenters. The number of ether oxygens (including phenoxy) is 3. The molecule has 10 nitrogen and oxygen atoms in total. The van der Waals surface area contributed by atoms with Gasteiger partial charge in [-0.15, -0.1) is 0 Å². The van der Waals surface area contributed by atoms with Crippen molar-refractivity contribution in [2.24, 2.45) is 5.92 Å². The fourth-order valence-electron chi connectivity index (χ4n) is 3.37. The summed E-state index contributed by atoms with van der Waals surface area (Å²) < 4.78 is 16.2. The number of carboxylic acid groups (broad SMARTS) is 2. The highest BCUT2D eigenvalue weighted by atomic mass is 16.5. The monoisotopic (exact) mass is 454 g/mol. The summed E-state index contributed by atoms with van der Waals surface area (Å²) in [5, 5.41) is 17.8. The molecule has 2 rings (SSSR count). The minimum Gasteiger partial charge on any atom is -0.493 e. The van der Waals surface area contributed by atoms with E-state index in [0.717, 1.165) is 57.4 Å². The van der Waals surface area contributed by atoms with Crippen LogP contribution in [-0.4, -0.2) is 73.9 Å². The predicted octanol–water partition coefficient (Wildman–Crippen LogP) is 2.00. The minimum absolute atomic E-state index is 0.142. The molecular weight excluding hydrogens is 420 g/mol. The van der Waals surface area contributed by atoms with E-state index in [2.05, 4.69) is 17.1 Å². The van der Waals surface area contributed by atoms with Gasteiger partial charge in [0.1, 0.15) is 0 Å². The summed E-state index contributed by atoms with van der Waals surface area (Å²) in [6, 6.07) is 3.98. The number of piperidine rings is 1. The fourth-order valence-corrected chi connectivity index (χ4v) is 3.37. The van der Waals surface area contributed by atoms with Crippen LogP contribution in [-0.2, 0) is 20.9 Å². The van der Waals surface area contributed by atoms with Gasteiger partial charge >= 0.3 is 11.9 Å². The Morgan fingerprint density at radius 1 is 1.00 bits per heavy atom. The third-order valence-electron chi connectivity index (χ3n) is 5.10. The first-order chi connectivity index (χ1) is 15.3. The van der Waals surface area contributed by atoms with E-state index in [1.165, 1.54) is 0 Å². The van der Waals surface area contributed by atoms with Crippen LogP contribution in [0.15, 0.2) is 12.1 Å². The van der Waals surface area contributed by atoms with Crippen molar-refractivity contribution in [1.82, 2.24) is 10.2 Å². The van der Waals surface area contributed by atoms with E-state index in [1.54, 1.807) is 21.3 Å². The zero-order valence-electron chi connectivity index (χ0n) is 19.2. The SMILES string of the molecule is CCCCNC(=O)C1CCN(Cc2cc(OC)c(OC)c(OC)c2)CC1.O=C(O)C(=O)O. The number of carbonyl (C=O) groups is 3. The number of likely N-dealkylation sites (tertiary alicyclic amines) is 1. The Bertz CT molecular complexity index is 723. The topological polar surface area (TPSA) is 135 Å². The molecule has 0 aliphatic carbocycles. The Morgan fingerprint density at radius 2 is 1.53 bits per heavy atom. The van der Waals surface area contributed by atoms with Crippen LogP contribution in [0.2, 0.25) is 0 Å². The number of hydrogen-bond acceptors (Lipinski definition) is 7. The third kappa shape index (κ3) is 8.62. The first-order valence-corrected chi connectivity index (χ1v) is 10.5. The zero-order valence-corrected chi connectivity index (χ0v) is 19.2. The molecule has 1 aromatic rings. The molecule has 1 aliphatic heterocycles. The van der Waals surface area contributed by atoms with Crippen LogP contribution in [0.25, 0.3) is 0 Å². The quantitative estimate of drug-likeness (QED) is 0.378. The molecule has 10 heteroatoms. The second-order valence-corrected chi connectivity index (χ2v) is 7.34. The van der Waals surface area contributed by atoms with E-state index < -0.39 is 11.9 Å². The van der Waals surface area contributed by atoms with Crippen LogP contribution in [0.1, 0.15) is 38.2 Å². The molecule has 1 amide bonds. The number of amides is 1. The number of unbranched alkanes of at least 4 members (excludes halogenated alkanes) is 1. The minimum atomic E-state index is -1.82. The predicted molar refractivity (Wildman–Crippen MR) is 117 cm³/mol. The van der Waals surface area contributed by atoms with Crippen molar-refractivity contribution in [3.8, 4) is 17.2 Å². The molecule has 1 aromatic carbocycles. The number of rotatable bonds is 9. The number of benzene rings is 1. The third-order valence-corrected chi connectivity index (χ3v) is 5.10. The van der Waals surface area contributed by atoms with Crippen LogP contribution in [0, 0.1) is 5.92 Å². The summed E-state index contributed by atoms with van der Waals surface area (Å²) in [5.41, 5.74) is 1.12. The maximum Gasteiger partial charge on any atom is 0.414 e. The second-order valence-electron chi connectivity index (χ2n) is 7.34. The van der Waals surface area contributed by atoms with Crippen molar-refractivity contribution in [3.05, 3.63) is 17.7 Å². The van der Waals surface area contributed by atoms with Crippen molar-refractivity contribution in [2.75, 3.05) is 41.0 Å². The van der Waals surface area contributed by atoms with Crippen molar-refractivity contribution in [3.63, 3.8) is 0 Å². The molecule has 0 aromatic heterocycles. The van der Waals surface area contributed by atoms with E-state index >= 15 is 0 Å². The van der Waals surface area contributed by atoms with Gasteiger partial charge in [-0.2, -0.15) is 0 Å². The van der Waals surface area contributed by atoms with Crippen LogP contribution < -0.4 is 19.5 Å². The average Bonchev–Trinajstić information content (AvgIpc) is 2.79. The Morgan fingerprint density at radius 3 is 1.94 bits per heavy atom. The first-order valence-electron chi connectivity index (χ1n) is 10.5. The van der Waals surface area contributed by atoms with Crippen LogP contribution in [0.4, 0.5) is 0 Å². The van der Waals surface area contributed by atoms with Gasteiger partial charge in [0.05, 0.1) is 21.3 Å². The van der Waals surface area contributed by atoms with Crippen LogP contribution in [0.3, 0.4) is 0 Å². The Hall–Kier alpha value is -3.01. The number of hydrogen-bond donors (Lipinski definition) is 3. The highest BCUT2D eigenvalue weighted by molar-refractivity contribution is 6.27. The largest absolute Gasteiger partial charge is 0.493 e. The maximum atomic E-state index is 12.2. The van der Waals surface area contributed by atoms with Gasteiger partial charge in [0.15, 0.2) is 11.5 Å². The molecule has 3 N–H and O–H groups in total. The summed E-state index contributed by atoms with van der Waals surface area (Å²) in [6.07, 6.45) is 3.96. The van der Waals surface area contributed by atoms with E-state index in [-0.39, 0.29) is 11.8 Å². The van der Waals surface area contributed by atoms with Gasteiger partial charge < -0.3 is 29.7 Å². The standard InChI is InChI=1S/C20H32N2O4.C2H2O4/c1-5-6-9-21-20(23)16-7-10-22(11-8-16)14-15-12-17(24-2)19(26-4)18(13-15)25-3;3-1(4)2(5)6/h12-13,16H,5-11,14H2,1-4H3,(H,21,23);(H,3,4)(H,5,6). The molecule has 32 heavy (non-hydrogen) atoms. The van der Waals surface area contributed by atoms with Crippen molar-refractivity contribution in [1.29, 1.82) is 0 Å². The highest BCUT2D eigenvalue weighted by Crippen LogP contribution is 2.38. The van der Waals surface area contributed by atoms with Gasteiger partial charge in [-0.05, 0) is 50.0 Å². The fraction of sp³-hybridized carbons (Fsp3) is 0.591. The van der Waals surface area contributed by atoms with Crippen LogP contribution in [0.5, 0.6) is 17.2 Å². The lowest BCUT2D eigenvalue weighted by atomic mass is 9.95. The smallest absolute Gasteiger partial charge is 0.414 e. The van der Waals surface area contributed by atoms with Gasteiger partial charge in [0.2, 0.25) is 11.7 Å². The first kappa shape index (κ1) is 27.0. The summed E-state index contributed by atoms with van der Waals surface area (Å²) in [5.74, 6) is -1.33. The molecule has 0 bridgehead atoms. The molecule has 0 spiro atoms. The maximum absolute atomic E-state index is 12.2. The van der Waals surface area contributed by atoms with Gasteiger partial charge in [0, 0.05) is 19.0 Å². The number of nitrogens with one attached hydrogen (secondary N) is 1. The number of carbonyl (C=O) groups excluding carboxylic acids is 1. The Labute approximate surface area is 188 Å². The van der Waals surface area contributed by atoms with E-state index in [1.807, 2.05) is 12.1 Å². The molecule has 1 aliphatic rings. The molecule has 0 saturated carbocycles. The number of nitrogens with zero attached hydrogens (tertiary/aromatic N) is 1. The van der Waals surface area contributed by atoms with Gasteiger partial charge in [0.25, 0.3) is 0 Å².